The number of hydrogen-bond donors (Lipinski definition) is 2. The van der Waals surface area contributed by atoms with Crippen LogP contribution in [0.4, 0.5) is 10.5 Å². The number of methoxy groups -OCH3 is 1. The third-order valence-corrected chi connectivity index (χ3v) is 5.18. The molecule has 0 spiro atoms. The molecule has 0 bridgehead atoms. The maximum absolute atomic E-state index is 12.4. The number of benzene rings is 1. The predicted molar refractivity (Wildman–Crippen MR) is 109 cm³/mol. The van der Waals surface area contributed by atoms with Crippen molar-refractivity contribution in [3.63, 3.8) is 0 Å². The molecule has 0 radical (unpaired) electrons. The van der Waals surface area contributed by atoms with Crippen molar-refractivity contribution < 1.29 is 9.53 Å². The number of nitrogens with zero attached hydrogens (tertiary/aromatic N) is 2. The molecular weight excluding hydrogens is 340 g/mol. The van der Waals surface area contributed by atoms with E-state index in [4.69, 9.17) is 4.74 Å². The highest BCUT2D eigenvalue weighted by atomic mass is 16.5. The zero-order chi connectivity index (χ0) is 19.1. The second kappa shape index (κ2) is 9.58. The lowest BCUT2D eigenvalue weighted by Gasteiger charge is -2.17. The Bertz CT molecular complexity index is 730. The Kier molecular flexibility index (Phi) is 6.90. The van der Waals surface area contributed by atoms with E-state index in [2.05, 4.69) is 26.2 Å². The number of nitrogens with one attached hydrogen (secondary N) is 2. The minimum absolute atomic E-state index is 0.138. The Morgan fingerprint density at radius 1 is 1.26 bits per heavy atom. The number of carbonyl (C=O) groups excluding carboxylic acids is 1. The fraction of sp³-hybridized carbons (Fsp3) is 0.476. The van der Waals surface area contributed by atoms with Crippen LogP contribution < -0.4 is 10.6 Å². The molecule has 2 N–H and O–H groups in total. The van der Waals surface area contributed by atoms with Gasteiger partial charge >= 0.3 is 6.03 Å². The molecule has 27 heavy (non-hydrogen) atoms. The molecule has 0 aliphatic carbocycles. The molecule has 1 aromatic heterocycles. The van der Waals surface area contributed by atoms with E-state index in [9.17, 15) is 4.79 Å². The molecule has 3 rings (SSSR count). The lowest BCUT2D eigenvalue weighted by molar-refractivity contribution is 0.178. The fourth-order valence-electron chi connectivity index (χ4n) is 3.65. The molecule has 1 atom stereocenters. The number of ether oxygens (including phenoxy) is 1. The lowest BCUT2D eigenvalue weighted by Crippen LogP contribution is -2.34. The van der Waals surface area contributed by atoms with Crippen LogP contribution in [0, 0.1) is 12.8 Å². The SMILES string of the molecule is COCCCN1CC[C@@H](CNC(=O)Nc2cccc(-n3cccc3)c2C)C1. The monoisotopic (exact) mass is 370 g/mol. The Morgan fingerprint density at radius 2 is 2.07 bits per heavy atom. The van der Waals surface area contributed by atoms with Gasteiger partial charge in [0.05, 0.1) is 0 Å². The minimum Gasteiger partial charge on any atom is -0.385 e. The standard InChI is InChI=1S/C21H30N4O2/c1-17-19(7-5-8-20(17)25-11-3-4-12-25)23-21(26)22-15-18-9-13-24(16-18)10-6-14-27-2/h3-5,7-8,11-12,18H,6,9-10,13-16H2,1-2H3,(H2,22,23,26)/t18-/m0/s1. The van der Waals surface area contributed by atoms with Crippen LogP contribution in [-0.2, 0) is 4.74 Å². The number of amides is 2. The van der Waals surface area contributed by atoms with Crippen molar-refractivity contribution in [1.82, 2.24) is 14.8 Å². The summed E-state index contributed by atoms with van der Waals surface area (Å²) in [5, 5.41) is 6.03. The normalized spacial score (nSPS) is 17.2. The van der Waals surface area contributed by atoms with Crippen LogP contribution in [-0.4, -0.2) is 55.4 Å². The molecule has 1 saturated heterocycles. The van der Waals surface area contributed by atoms with Gasteiger partial charge in [0, 0.05) is 57.1 Å². The van der Waals surface area contributed by atoms with E-state index in [0.717, 1.165) is 56.0 Å². The van der Waals surface area contributed by atoms with E-state index in [1.165, 1.54) is 0 Å². The van der Waals surface area contributed by atoms with E-state index >= 15 is 0 Å². The summed E-state index contributed by atoms with van der Waals surface area (Å²) in [5.41, 5.74) is 2.96. The Morgan fingerprint density at radius 3 is 2.85 bits per heavy atom. The molecule has 1 aromatic carbocycles. The van der Waals surface area contributed by atoms with Crippen LogP contribution in [0.25, 0.3) is 5.69 Å². The molecule has 6 heteroatoms. The largest absolute Gasteiger partial charge is 0.385 e. The average molecular weight is 370 g/mol. The quantitative estimate of drug-likeness (QED) is 0.701. The van der Waals surface area contributed by atoms with Gasteiger partial charge in [-0.2, -0.15) is 0 Å². The third kappa shape index (κ3) is 5.34. The van der Waals surface area contributed by atoms with Crippen molar-refractivity contribution in [2.75, 3.05) is 45.2 Å². The first-order chi connectivity index (χ1) is 13.2. The Balaban J connectivity index is 1.47. The molecule has 2 amide bonds. The minimum atomic E-state index is -0.138. The van der Waals surface area contributed by atoms with Gasteiger partial charge in [0.15, 0.2) is 0 Å². The highest BCUT2D eigenvalue weighted by Crippen LogP contribution is 2.22. The number of aromatic nitrogens is 1. The predicted octanol–water partition coefficient (Wildman–Crippen LogP) is 3.27. The summed E-state index contributed by atoms with van der Waals surface area (Å²) < 4.78 is 7.16. The van der Waals surface area contributed by atoms with Crippen molar-refractivity contribution in [3.8, 4) is 5.69 Å². The zero-order valence-corrected chi connectivity index (χ0v) is 16.3. The lowest BCUT2D eigenvalue weighted by atomic mass is 10.1. The van der Waals surface area contributed by atoms with E-state index in [1.54, 1.807) is 7.11 Å². The van der Waals surface area contributed by atoms with Crippen LogP contribution in [0.15, 0.2) is 42.7 Å². The van der Waals surface area contributed by atoms with Crippen molar-refractivity contribution in [2.24, 2.45) is 5.92 Å². The summed E-state index contributed by atoms with van der Waals surface area (Å²) in [4.78, 5) is 14.8. The Labute approximate surface area is 161 Å². The zero-order valence-electron chi connectivity index (χ0n) is 16.3. The summed E-state index contributed by atoms with van der Waals surface area (Å²) in [7, 11) is 1.74. The van der Waals surface area contributed by atoms with Crippen molar-refractivity contribution in [1.29, 1.82) is 0 Å². The number of hydrogen-bond acceptors (Lipinski definition) is 3. The van der Waals surface area contributed by atoms with Crippen LogP contribution in [0.1, 0.15) is 18.4 Å². The third-order valence-electron chi connectivity index (χ3n) is 5.18. The van der Waals surface area contributed by atoms with Gasteiger partial charge in [-0.3, -0.25) is 0 Å². The number of likely N-dealkylation sites (tertiary alicyclic amines) is 1. The van der Waals surface area contributed by atoms with Crippen LogP contribution in [0.3, 0.4) is 0 Å². The van der Waals surface area contributed by atoms with Gasteiger partial charge in [0.1, 0.15) is 0 Å². The number of anilines is 1. The highest BCUT2D eigenvalue weighted by molar-refractivity contribution is 5.90. The van der Waals surface area contributed by atoms with Gasteiger partial charge in [-0.25, -0.2) is 4.79 Å². The van der Waals surface area contributed by atoms with Crippen LogP contribution >= 0.6 is 0 Å². The first-order valence-corrected chi connectivity index (χ1v) is 9.66. The summed E-state index contributed by atoms with van der Waals surface area (Å²) in [5.74, 6) is 0.519. The number of carbonyl (C=O) groups is 1. The number of rotatable bonds is 8. The van der Waals surface area contributed by atoms with Gasteiger partial charge in [0.2, 0.25) is 0 Å². The molecule has 0 unspecified atom stereocenters. The fourth-order valence-corrected chi connectivity index (χ4v) is 3.65. The van der Waals surface area contributed by atoms with Crippen molar-refractivity contribution >= 4 is 11.7 Å². The molecular formula is C21H30N4O2. The molecule has 1 aliphatic rings. The van der Waals surface area contributed by atoms with Gasteiger partial charge in [0.25, 0.3) is 0 Å². The first-order valence-electron chi connectivity index (χ1n) is 9.66. The average Bonchev–Trinajstić information content (AvgIpc) is 3.34. The van der Waals surface area contributed by atoms with Crippen LogP contribution in [0.2, 0.25) is 0 Å². The van der Waals surface area contributed by atoms with Crippen LogP contribution in [0.5, 0.6) is 0 Å². The van der Waals surface area contributed by atoms with Crippen molar-refractivity contribution in [3.05, 3.63) is 48.3 Å². The molecule has 146 valence electrons. The summed E-state index contributed by atoms with van der Waals surface area (Å²) in [6.45, 7) is 6.77. The van der Waals surface area contributed by atoms with Gasteiger partial charge in [-0.05, 0) is 62.1 Å². The van der Waals surface area contributed by atoms with Gasteiger partial charge in [-0.1, -0.05) is 6.07 Å². The smallest absolute Gasteiger partial charge is 0.319 e. The summed E-state index contributed by atoms with van der Waals surface area (Å²) in [6.07, 6.45) is 6.21. The summed E-state index contributed by atoms with van der Waals surface area (Å²) in [6, 6.07) is 9.80. The van der Waals surface area contributed by atoms with E-state index in [-0.39, 0.29) is 6.03 Å². The molecule has 2 heterocycles. The second-order valence-electron chi connectivity index (χ2n) is 7.18. The van der Waals surface area contributed by atoms with Gasteiger partial charge < -0.3 is 24.8 Å². The molecule has 6 nitrogen and oxygen atoms in total. The van der Waals surface area contributed by atoms with Gasteiger partial charge in [-0.15, -0.1) is 0 Å². The topological polar surface area (TPSA) is 58.5 Å². The number of urea groups is 1. The molecule has 0 saturated carbocycles. The maximum Gasteiger partial charge on any atom is 0.319 e. The second-order valence-corrected chi connectivity index (χ2v) is 7.18. The Hall–Kier alpha value is -2.31. The summed E-state index contributed by atoms with van der Waals surface area (Å²) >= 11 is 0. The molecule has 1 fully saturated rings. The van der Waals surface area contributed by atoms with E-state index in [1.807, 2.05) is 43.6 Å². The first kappa shape index (κ1) is 19.5. The molecule has 2 aromatic rings. The van der Waals surface area contributed by atoms with E-state index < -0.39 is 0 Å². The van der Waals surface area contributed by atoms with E-state index in [0.29, 0.717) is 12.5 Å². The maximum atomic E-state index is 12.4. The van der Waals surface area contributed by atoms with Crippen molar-refractivity contribution in [2.45, 2.75) is 19.8 Å². The molecule has 1 aliphatic heterocycles. The highest BCUT2D eigenvalue weighted by Gasteiger charge is 2.22.